The van der Waals surface area contributed by atoms with Gasteiger partial charge in [0.05, 0.1) is 5.70 Å². The molecule has 1 aromatic carbocycles. The lowest BCUT2D eigenvalue weighted by molar-refractivity contribution is 0.401. The molecule has 0 spiro atoms. The minimum absolute atomic E-state index is 0.109. The Kier molecular flexibility index (Phi) is 7.41. The summed E-state index contributed by atoms with van der Waals surface area (Å²) in [7, 11) is 0. The van der Waals surface area contributed by atoms with Crippen molar-refractivity contribution in [1.29, 1.82) is 10.5 Å². The summed E-state index contributed by atoms with van der Waals surface area (Å²) in [5.74, 6) is 1.77. The molecule has 4 N–H and O–H groups in total. The molecule has 0 fully saturated rings. The molecule has 5 nitrogen and oxygen atoms in total. The molecular weight excluding hydrogens is 278 g/mol. The number of terminal acetylenes is 1. The predicted molar refractivity (Wildman–Crippen MR) is 85.1 cm³/mol. The van der Waals surface area contributed by atoms with Gasteiger partial charge in [0.1, 0.15) is 12.1 Å². The van der Waals surface area contributed by atoms with Gasteiger partial charge in [0.2, 0.25) is 0 Å². The Morgan fingerprint density at radius 1 is 1.23 bits per heavy atom. The van der Waals surface area contributed by atoms with Crippen molar-refractivity contribution in [3.05, 3.63) is 40.1 Å². The number of nitrogens with two attached hydrogens (primary N) is 1. The average molecular weight is 295 g/mol. The van der Waals surface area contributed by atoms with E-state index in [0.717, 1.165) is 0 Å². The van der Waals surface area contributed by atoms with Gasteiger partial charge < -0.3 is 15.9 Å². The predicted octanol–water partition coefficient (Wildman–Crippen LogP) is 2.71. The molecule has 0 heterocycles. The van der Waals surface area contributed by atoms with E-state index in [1.54, 1.807) is 25.1 Å². The minimum atomic E-state index is -0.295. The van der Waals surface area contributed by atoms with Crippen LogP contribution in [0.3, 0.4) is 0 Å². The van der Waals surface area contributed by atoms with E-state index >= 15 is 0 Å². The number of nitriles is 2. The first-order chi connectivity index (χ1) is 10.4. The third kappa shape index (κ3) is 4.34. The molecule has 0 atom stereocenters. The molecule has 22 heavy (non-hydrogen) atoms. The van der Waals surface area contributed by atoms with E-state index in [0.29, 0.717) is 11.1 Å². The number of aryl methyl sites for hydroxylation is 1. The van der Waals surface area contributed by atoms with Gasteiger partial charge >= 0.3 is 0 Å². The van der Waals surface area contributed by atoms with Crippen LogP contribution >= 0.6 is 0 Å². The van der Waals surface area contributed by atoms with Crippen LogP contribution < -0.4 is 5.73 Å². The quantitative estimate of drug-likeness (QED) is 0.336. The normalized spacial score (nSPS) is 9.36. The van der Waals surface area contributed by atoms with Crippen molar-refractivity contribution < 1.29 is 10.2 Å². The zero-order valence-corrected chi connectivity index (χ0v) is 12.7. The van der Waals surface area contributed by atoms with Crippen LogP contribution in [0, 0.1) is 41.9 Å². The van der Waals surface area contributed by atoms with Crippen LogP contribution in [-0.2, 0) is 0 Å². The summed E-state index contributed by atoms with van der Waals surface area (Å²) in [5.41, 5.74) is 6.36. The second-order valence-corrected chi connectivity index (χ2v) is 3.92. The molecule has 0 bridgehead atoms. The minimum Gasteiger partial charge on any atom is -0.504 e. The molecule has 0 unspecified atom stereocenters. The summed E-state index contributed by atoms with van der Waals surface area (Å²) in [6.07, 6.45) is 6.75. The highest BCUT2D eigenvalue weighted by Crippen LogP contribution is 2.30. The molecule has 0 amide bonds. The summed E-state index contributed by atoms with van der Waals surface area (Å²) in [5, 5.41) is 36.5. The standard InChI is InChI=1S/C15H11N3O2.C2H6/c1-3-11(14(18)12(7-16)8-17)5-10-4-9(2)15(20)13(19)6-10;1-2/h1,4-6,19-20H,18H2,2H3;1-2H3/b11-5+;. The number of hydrogen-bond acceptors (Lipinski definition) is 5. The van der Waals surface area contributed by atoms with E-state index in [9.17, 15) is 10.2 Å². The molecule has 5 heteroatoms. The second-order valence-electron chi connectivity index (χ2n) is 3.92. The molecule has 1 rings (SSSR count). The van der Waals surface area contributed by atoms with Gasteiger partial charge in [-0.25, -0.2) is 0 Å². The molecular formula is C17H17N3O2. The van der Waals surface area contributed by atoms with Gasteiger partial charge in [-0.15, -0.1) is 6.42 Å². The Labute approximate surface area is 130 Å². The van der Waals surface area contributed by atoms with E-state index < -0.39 is 0 Å². The topological polar surface area (TPSA) is 114 Å². The third-order valence-corrected chi connectivity index (χ3v) is 2.55. The van der Waals surface area contributed by atoms with Crippen LogP contribution in [0.1, 0.15) is 25.0 Å². The summed E-state index contributed by atoms with van der Waals surface area (Å²) < 4.78 is 0. The van der Waals surface area contributed by atoms with E-state index in [1.807, 2.05) is 13.8 Å². The number of benzene rings is 1. The number of aromatic hydroxyl groups is 2. The Morgan fingerprint density at radius 3 is 2.18 bits per heavy atom. The monoisotopic (exact) mass is 295 g/mol. The van der Waals surface area contributed by atoms with Crippen molar-refractivity contribution in [2.24, 2.45) is 5.73 Å². The lowest BCUT2D eigenvalue weighted by Crippen LogP contribution is -2.03. The number of rotatable bonds is 2. The molecule has 1 aromatic rings. The summed E-state index contributed by atoms with van der Waals surface area (Å²) in [6.45, 7) is 5.61. The first kappa shape index (κ1) is 18.6. The fraction of sp³-hybridized carbons (Fsp3) is 0.176. The number of hydrogen-bond donors (Lipinski definition) is 3. The van der Waals surface area contributed by atoms with Crippen molar-refractivity contribution in [2.45, 2.75) is 20.8 Å². The second kappa shape index (κ2) is 8.74. The smallest absolute Gasteiger partial charge is 0.160 e. The highest BCUT2D eigenvalue weighted by Gasteiger charge is 2.08. The van der Waals surface area contributed by atoms with Gasteiger partial charge in [-0.05, 0) is 36.3 Å². The van der Waals surface area contributed by atoms with Gasteiger partial charge in [-0.1, -0.05) is 19.8 Å². The number of nitrogens with zero attached hydrogens (tertiary/aromatic N) is 2. The maximum absolute atomic E-state index is 9.53. The number of allylic oxidation sites excluding steroid dienone is 2. The Bertz CT molecular complexity index is 700. The molecule has 0 saturated carbocycles. The molecule has 0 aromatic heterocycles. The molecule has 0 saturated heterocycles. The van der Waals surface area contributed by atoms with Gasteiger partial charge in [-0.3, -0.25) is 0 Å². The number of phenols is 2. The Hall–Kier alpha value is -3.36. The maximum atomic E-state index is 9.53. The lowest BCUT2D eigenvalue weighted by Gasteiger charge is -2.05. The SMILES string of the molecule is C#C/C(=C\c1cc(C)c(O)c(O)c1)C(N)=C(C#N)C#N.CC. The van der Waals surface area contributed by atoms with Crippen molar-refractivity contribution in [2.75, 3.05) is 0 Å². The van der Waals surface area contributed by atoms with Crippen LogP contribution in [0.4, 0.5) is 0 Å². The highest BCUT2D eigenvalue weighted by atomic mass is 16.3. The van der Waals surface area contributed by atoms with Crippen molar-refractivity contribution >= 4 is 6.08 Å². The van der Waals surface area contributed by atoms with E-state index in [1.165, 1.54) is 12.1 Å². The molecule has 0 aliphatic carbocycles. The van der Waals surface area contributed by atoms with Crippen molar-refractivity contribution in [3.8, 4) is 36.0 Å². The lowest BCUT2D eigenvalue weighted by atomic mass is 10.0. The fourth-order valence-electron chi connectivity index (χ4n) is 1.52. The van der Waals surface area contributed by atoms with Gasteiger partial charge in [0.25, 0.3) is 0 Å². The zero-order valence-electron chi connectivity index (χ0n) is 12.7. The van der Waals surface area contributed by atoms with Crippen LogP contribution in [0.5, 0.6) is 11.5 Å². The largest absolute Gasteiger partial charge is 0.504 e. The van der Waals surface area contributed by atoms with E-state index in [-0.39, 0.29) is 28.3 Å². The van der Waals surface area contributed by atoms with Crippen LogP contribution in [0.2, 0.25) is 0 Å². The van der Waals surface area contributed by atoms with Gasteiger partial charge in [0.15, 0.2) is 17.1 Å². The zero-order chi connectivity index (χ0) is 17.3. The maximum Gasteiger partial charge on any atom is 0.160 e. The van der Waals surface area contributed by atoms with Crippen molar-refractivity contribution in [3.63, 3.8) is 0 Å². The Morgan fingerprint density at radius 2 is 1.77 bits per heavy atom. The van der Waals surface area contributed by atoms with E-state index in [4.69, 9.17) is 22.7 Å². The Balaban J connectivity index is 0.00000211. The average Bonchev–Trinajstić information content (AvgIpc) is 2.53. The van der Waals surface area contributed by atoms with Crippen LogP contribution in [0.15, 0.2) is 29.0 Å². The molecule has 0 radical (unpaired) electrons. The molecule has 0 aliphatic rings. The van der Waals surface area contributed by atoms with Gasteiger partial charge in [0, 0.05) is 5.57 Å². The first-order valence-electron chi connectivity index (χ1n) is 6.45. The van der Waals surface area contributed by atoms with Crippen molar-refractivity contribution in [1.82, 2.24) is 0 Å². The highest BCUT2D eigenvalue weighted by molar-refractivity contribution is 5.69. The summed E-state index contributed by atoms with van der Waals surface area (Å²) >= 11 is 0. The summed E-state index contributed by atoms with van der Waals surface area (Å²) in [6, 6.07) is 6.18. The molecule has 112 valence electrons. The van der Waals surface area contributed by atoms with Gasteiger partial charge in [-0.2, -0.15) is 10.5 Å². The van der Waals surface area contributed by atoms with E-state index in [2.05, 4.69) is 5.92 Å². The third-order valence-electron chi connectivity index (χ3n) is 2.55. The van der Waals surface area contributed by atoms with Crippen LogP contribution in [-0.4, -0.2) is 10.2 Å². The fourth-order valence-corrected chi connectivity index (χ4v) is 1.52. The first-order valence-corrected chi connectivity index (χ1v) is 6.45. The van der Waals surface area contributed by atoms with Crippen LogP contribution in [0.25, 0.3) is 6.08 Å². The molecule has 0 aliphatic heterocycles. The summed E-state index contributed by atoms with van der Waals surface area (Å²) in [4.78, 5) is 0. The number of phenolic OH excluding ortho intramolecular Hbond substituents is 2.